The van der Waals surface area contributed by atoms with Gasteiger partial charge in [-0.2, -0.15) is 0 Å². The van der Waals surface area contributed by atoms with Crippen LogP contribution in [0.4, 0.5) is 11.4 Å². The molecule has 192 valence electrons. The van der Waals surface area contributed by atoms with Gasteiger partial charge in [0.1, 0.15) is 5.70 Å². The number of thiophene rings is 1. The maximum Gasteiger partial charge on any atom is 0.272 e. The molecule has 0 spiro atoms. The molecule has 3 amide bonds. The first kappa shape index (κ1) is 27.4. The van der Waals surface area contributed by atoms with Crippen LogP contribution in [0.25, 0.3) is 6.08 Å². The van der Waals surface area contributed by atoms with Crippen molar-refractivity contribution in [2.45, 2.75) is 17.1 Å². The topological polar surface area (TPSA) is 87.3 Å². The van der Waals surface area contributed by atoms with Crippen molar-refractivity contribution in [1.82, 2.24) is 5.32 Å². The molecule has 4 aromatic rings. The molecular formula is C29H24BrN3O3S2. The van der Waals surface area contributed by atoms with Crippen molar-refractivity contribution in [3.63, 3.8) is 0 Å². The minimum absolute atomic E-state index is 0.104. The van der Waals surface area contributed by atoms with E-state index in [1.165, 1.54) is 23.1 Å². The second-order valence-corrected chi connectivity index (χ2v) is 11.4. The predicted octanol–water partition coefficient (Wildman–Crippen LogP) is 7.04. The van der Waals surface area contributed by atoms with Crippen LogP contribution in [0.15, 0.2) is 111 Å². The van der Waals surface area contributed by atoms with Crippen molar-refractivity contribution in [3.05, 3.63) is 117 Å². The number of thioether (sulfide) groups is 1. The minimum atomic E-state index is -0.440. The largest absolute Gasteiger partial charge is 0.325 e. The summed E-state index contributed by atoms with van der Waals surface area (Å²) in [4.78, 5) is 40.1. The van der Waals surface area contributed by atoms with Gasteiger partial charge in [0.15, 0.2) is 0 Å². The highest BCUT2D eigenvalue weighted by Gasteiger charge is 2.17. The van der Waals surface area contributed by atoms with Gasteiger partial charge < -0.3 is 16.0 Å². The summed E-state index contributed by atoms with van der Waals surface area (Å²) in [7, 11) is 0. The van der Waals surface area contributed by atoms with E-state index in [9.17, 15) is 14.4 Å². The van der Waals surface area contributed by atoms with Crippen molar-refractivity contribution >= 4 is 74.2 Å². The van der Waals surface area contributed by atoms with Gasteiger partial charge in [-0.25, -0.2) is 0 Å². The third kappa shape index (κ3) is 7.92. The zero-order valence-electron chi connectivity index (χ0n) is 20.3. The second kappa shape index (κ2) is 13.2. The molecular weight excluding hydrogens is 582 g/mol. The Bertz CT molecular complexity index is 1420. The number of hydrogen-bond acceptors (Lipinski definition) is 5. The Labute approximate surface area is 237 Å². The third-order valence-corrected chi connectivity index (χ3v) is 7.72. The zero-order chi connectivity index (χ0) is 26.9. The van der Waals surface area contributed by atoms with Gasteiger partial charge in [-0.3, -0.25) is 14.4 Å². The monoisotopic (exact) mass is 605 g/mol. The summed E-state index contributed by atoms with van der Waals surface area (Å²) in [6, 6.07) is 27.1. The molecule has 0 bridgehead atoms. The van der Waals surface area contributed by atoms with Crippen LogP contribution in [0.5, 0.6) is 0 Å². The molecule has 38 heavy (non-hydrogen) atoms. The van der Waals surface area contributed by atoms with Crippen LogP contribution in [-0.2, 0) is 9.59 Å². The molecule has 1 heterocycles. The van der Waals surface area contributed by atoms with E-state index in [0.29, 0.717) is 11.3 Å². The average molecular weight is 607 g/mol. The standard InChI is InChI=1S/C29H24BrN3O3S2/c1-19(27(34)31-22-11-9-21(30)10-12-22)38-24-15-13-23(14-16-24)32-29(36)26(18-25-8-5-17-37-25)33-28(35)20-6-3-2-4-7-20/h2-19H,1H3,(H,31,34)(H,32,36)(H,33,35)/b26-18-. The molecule has 0 fully saturated rings. The molecule has 1 unspecified atom stereocenters. The summed E-state index contributed by atoms with van der Waals surface area (Å²) in [5, 5.41) is 10.1. The lowest BCUT2D eigenvalue weighted by Gasteiger charge is -2.13. The first-order chi connectivity index (χ1) is 18.4. The highest BCUT2D eigenvalue weighted by atomic mass is 79.9. The Morgan fingerprint density at radius 3 is 2.16 bits per heavy atom. The number of anilines is 2. The fourth-order valence-corrected chi connectivity index (χ4v) is 5.10. The molecule has 0 aliphatic rings. The zero-order valence-corrected chi connectivity index (χ0v) is 23.5. The van der Waals surface area contributed by atoms with E-state index in [1.807, 2.05) is 66.9 Å². The normalized spacial score (nSPS) is 11.9. The van der Waals surface area contributed by atoms with E-state index >= 15 is 0 Å². The smallest absolute Gasteiger partial charge is 0.272 e. The van der Waals surface area contributed by atoms with Crippen LogP contribution in [0.3, 0.4) is 0 Å². The van der Waals surface area contributed by atoms with Gasteiger partial charge in [-0.1, -0.05) is 40.2 Å². The van der Waals surface area contributed by atoms with Gasteiger partial charge >= 0.3 is 0 Å². The predicted molar refractivity (Wildman–Crippen MR) is 159 cm³/mol. The molecule has 4 rings (SSSR count). The van der Waals surface area contributed by atoms with Crippen LogP contribution in [0.1, 0.15) is 22.2 Å². The van der Waals surface area contributed by atoms with Gasteiger partial charge in [0.25, 0.3) is 11.8 Å². The molecule has 0 radical (unpaired) electrons. The Hall–Kier alpha value is -3.66. The van der Waals surface area contributed by atoms with Crippen molar-refractivity contribution in [2.75, 3.05) is 10.6 Å². The molecule has 0 saturated carbocycles. The lowest BCUT2D eigenvalue weighted by Crippen LogP contribution is -2.30. The Morgan fingerprint density at radius 1 is 0.842 bits per heavy atom. The van der Waals surface area contributed by atoms with Crippen molar-refractivity contribution in [1.29, 1.82) is 0 Å². The number of nitrogens with one attached hydrogen (secondary N) is 3. The average Bonchev–Trinajstić information content (AvgIpc) is 3.44. The first-order valence-electron chi connectivity index (χ1n) is 11.6. The lowest BCUT2D eigenvalue weighted by atomic mass is 10.2. The number of benzene rings is 3. The van der Waals surface area contributed by atoms with Gasteiger partial charge in [-0.15, -0.1) is 23.1 Å². The van der Waals surface area contributed by atoms with E-state index < -0.39 is 5.91 Å². The maximum atomic E-state index is 13.1. The summed E-state index contributed by atoms with van der Waals surface area (Å²) >= 11 is 6.26. The molecule has 1 aromatic heterocycles. The molecule has 3 aromatic carbocycles. The van der Waals surface area contributed by atoms with Gasteiger partial charge in [-0.05, 0) is 85.1 Å². The van der Waals surface area contributed by atoms with Gasteiger partial charge in [0.2, 0.25) is 5.91 Å². The van der Waals surface area contributed by atoms with E-state index in [0.717, 1.165) is 19.9 Å². The Morgan fingerprint density at radius 2 is 1.50 bits per heavy atom. The van der Waals surface area contributed by atoms with Crippen LogP contribution in [0, 0.1) is 0 Å². The molecule has 6 nitrogen and oxygen atoms in total. The third-order valence-electron chi connectivity index (χ3n) is 5.26. The fourth-order valence-electron chi connectivity index (χ4n) is 3.31. The number of hydrogen-bond donors (Lipinski definition) is 3. The Kier molecular flexibility index (Phi) is 9.53. The SMILES string of the molecule is CC(Sc1ccc(NC(=O)/C(=C/c2cccs2)NC(=O)c2ccccc2)cc1)C(=O)Nc1ccc(Br)cc1. The van der Waals surface area contributed by atoms with Crippen LogP contribution in [-0.4, -0.2) is 23.0 Å². The summed E-state index contributed by atoms with van der Waals surface area (Å²) in [5.41, 5.74) is 1.89. The number of halogens is 1. The van der Waals surface area contributed by atoms with Crippen molar-refractivity contribution < 1.29 is 14.4 Å². The van der Waals surface area contributed by atoms with Gasteiger partial charge in [0, 0.05) is 31.2 Å². The Balaban J connectivity index is 1.39. The molecule has 0 saturated heterocycles. The molecule has 0 aliphatic heterocycles. The summed E-state index contributed by atoms with van der Waals surface area (Å²) < 4.78 is 0.942. The summed E-state index contributed by atoms with van der Waals surface area (Å²) in [6.07, 6.45) is 1.65. The maximum absolute atomic E-state index is 13.1. The van der Waals surface area contributed by atoms with Gasteiger partial charge in [0.05, 0.1) is 5.25 Å². The highest BCUT2D eigenvalue weighted by molar-refractivity contribution is 9.10. The highest BCUT2D eigenvalue weighted by Crippen LogP contribution is 2.26. The van der Waals surface area contributed by atoms with Crippen molar-refractivity contribution in [2.24, 2.45) is 0 Å². The number of rotatable bonds is 9. The minimum Gasteiger partial charge on any atom is -0.325 e. The summed E-state index contributed by atoms with van der Waals surface area (Å²) in [6.45, 7) is 1.84. The number of carbonyl (C=O) groups is 3. The van der Waals surface area contributed by atoms with E-state index in [2.05, 4.69) is 31.9 Å². The van der Waals surface area contributed by atoms with Crippen LogP contribution in [0.2, 0.25) is 0 Å². The van der Waals surface area contributed by atoms with Crippen LogP contribution < -0.4 is 16.0 Å². The molecule has 9 heteroatoms. The number of carbonyl (C=O) groups excluding carboxylic acids is 3. The van der Waals surface area contributed by atoms with Crippen LogP contribution >= 0.6 is 39.0 Å². The van der Waals surface area contributed by atoms with E-state index in [4.69, 9.17) is 0 Å². The molecule has 0 aliphatic carbocycles. The van der Waals surface area contributed by atoms with E-state index in [-0.39, 0.29) is 22.8 Å². The summed E-state index contributed by atoms with van der Waals surface area (Å²) in [5.74, 6) is -0.914. The second-order valence-electron chi connectivity index (χ2n) is 8.13. The van der Waals surface area contributed by atoms with Crippen molar-refractivity contribution in [3.8, 4) is 0 Å². The lowest BCUT2D eigenvalue weighted by molar-refractivity contribution is -0.115. The number of amides is 3. The van der Waals surface area contributed by atoms with E-state index in [1.54, 1.807) is 42.5 Å². The first-order valence-corrected chi connectivity index (χ1v) is 14.2. The fraction of sp³-hybridized carbons (Fsp3) is 0.0690. The quantitative estimate of drug-likeness (QED) is 0.141. The molecule has 1 atom stereocenters. The molecule has 3 N–H and O–H groups in total.